The number of nitrogens with two attached hydrogens (primary N) is 1. The van der Waals surface area contributed by atoms with Crippen molar-refractivity contribution in [2.24, 2.45) is 5.73 Å². The molecule has 37 heavy (non-hydrogen) atoms. The second kappa shape index (κ2) is 8.80. The van der Waals surface area contributed by atoms with Crippen molar-refractivity contribution in [2.75, 3.05) is 17.7 Å². The van der Waals surface area contributed by atoms with Gasteiger partial charge < -0.3 is 25.8 Å². The zero-order chi connectivity index (χ0) is 26.5. The number of nitrogens with zero attached hydrogens (tertiary/aromatic N) is 1. The van der Waals surface area contributed by atoms with Gasteiger partial charge in [0, 0.05) is 23.7 Å². The van der Waals surface area contributed by atoms with Crippen molar-refractivity contribution in [2.45, 2.75) is 25.1 Å². The maximum absolute atomic E-state index is 14.0. The zero-order valence-corrected chi connectivity index (χ0v) is 19.2. The molecule has 190 valence electrons. The Morgan fingerprint density at radius 3 is 2.43 bits per heavy atom. The molecule has 5 rings (SSSR count). The van der Waals surface area contributed by atoms with E-state index in [1.807, 2.05) is 0 Å². The van der Waals surface area contributed by atoms with Gasteiger partial charge in [-0.1, -0.05) is 0 Å². The number of benzene rings is 2. The summed E-state index contributed by atoms with van der Waals surface area (Å²) in [6.45, 7) is 0. The number of methoxy groups -OCH3 is 1. The summed E-state index contributed by atoms with van der Waals surface area (Å²) in [5, 5.41) is 5.67. The predicted molar refractivity (Wildman–Crippen MR) is 130 cm³/mol. The van der Waals surface area contributed by atoms with E-state index in [9.17, 15) is 27.6 Å². The number of anilines is 3. The van der Waals surface area contributed by atoms with Crippen LogP contribution < -0.4 is 36.7 Å². The van der Waals surface area contributed by atoms with E-state index in [1.54, 1.807) is 0 Å². The molecule has 0 spiro atoms. The van der Waals surface area contributed by atoms with Gasteiger partial charge in [-0.3, -0.25) is 19.4 Å². The molecule has 1 aliphatic rings. The first-order valence-electron chi connectivity index (χ1n) is 11.1. The molecule has 1 aromatic heterocycles. The monoisotopic (exact) mass is 512 g/mol. The summed E-state index contributed by atoms with van der Waals surface area (Å²) in [5.74, 6) is -0.615. The lowest BCUT2D eigenvalue weighted by atomic mass is 10.1. The van der Waals surface area contributed by atoms with Crippen LogP contribution in [0, 0.1) is 0 Å². The summed E-state index contributed by atoms with van der Waals surface area (Å²) in [5.41, 5.74) is 2.45. The van der Waals surface area contributed by atoms with Gasteiger partial charge in [0.05, 0.1) is 29.4 Å². The van der Waals surface area contributed by atoms with E-state index in [0.29, 0.717) is 10.9 Å². The number of amides is 1. The van der Waals surface area contributed by atoms with Crippen molar-refractivity contribution >= 4 is 33.9 Å². The zero-order valence-electron chi connectivity index (χ0n) is 19.2. The van der Waals surface area contributed by atoms with Gasteiger partial charge in [0.1, 0.15) is 28.6 Å². The number of rotatable bonds is 8. The molecule has 4 N–H and O–H groups in total. The Labute approximate surface area is 206 Å². The summed E-state index contributed by atoms with van der Waals surface area (Å²) in [7, 11) is 1.36. The fraction of sp³-hybridized carbons (Fsp3) is 0.200. The van der Waals surface area contributed by atoms with E-state index >= 15 is 0 Å². The summed E-state index contributed by atoms with van der Waals surface area (Å²) in [6, 6.07) is 7.48. The molecule has 0 unspecified atom stereocenters. The molecule has 9 nitrogen and oxygen atoms in total. The number of hydrogen-bond acceptors (Lipinski definition) is 8. The smallest absolute Gasteiger partial charge is 0.418 e. The molecule has 1 aliphatic carbocycles. The molecular weight excluding hydrogens is 493 g/mol. The number of hydrogen-bond donors (Lipinski definition) is 3. The number of ether oxygens (including phenoxy) is 2. The third-order valence-corrected chi connectivity index (χ3v) is 5.91. The third kappa shape index (κ3) is 4.53. The first-order valence-corrected chi connectivity index (χ1v) is 11.1. The second-order valence-electron chi connectivity index (χ2n) is 8.50. The van der Waals surface area contributed by atoms with Crippen molar-refractivity contribution in [3.63, 3.8) is 0 Å². The van der Waals surface area contributed by atoms with Gasteiger partial charge >= 0.3 is 6.18 Å². The Balaban J connectivity index is 1.51. The fourth-order valence-electron chi connectivity index (χ4n) is 3.87. The van der Waals surface area contributed by atoms with Crippen LogP contribution in [-0.4, -0.2) is 24.0 Å². The van der Waals surface area contributed by atoms with Crippen LogP contribution in [0.3, 0.4) is 0 Å². The Bertz CT molecular complexity index is 1620. The molecule has 0 bridgehead atoms. The highest BCUT2D eigenvalue weighted by Gasteiger charge is 2.36. The summed E-state index contributed by atoms with van der Waals surface area (Å²) >= 11 is 0. The lowest BCUT2D eigenvalue weighted by Gasteiger charge is -2.19. The van der Waals surface area contributed by atoms with Crippen molar-refractivity contribution in [1.29, 1.82) is 0 Å². The van der Waals surface area contributed by atoms with E-state index in [0.717, 1.165) is 25.0 Å². The number of carbonyl (C=O) groups excluding carboxylic acids is 1. The largest absolute Gasteiger partial charge is 0.496 e. The quantitative estimate of drug-likeness (QED) is 0.301. The molecule has 0 radical (unpaired) electrons. The van der Waals surface area contributed by atoms with Crippen LogP contribution in [0.2, 0.25) is 0 Å². The highest BCUT2D eigenvalue weighted by atomic mass is 19.4. The van der Waals surface area contributed by atoms with Gasteiger partial charge in [0.25, 0.3) is 16.8 Å². The standard InChI is InChI=1S/C25H19F3N4O5/c1-36-19-10-17-13(9-14(19)24(29)35)18(6-7-30-17)37-12-4-5-16(15(8-12)25(26,27)28)32-21-20(22(33)23(21)34)31-11-2-3-11/h4-11,31-32H,2-3H2,1H3,(H2,29,35). The minimum atomic E-state index is -4.81. The lowest BCUT2D eigenvalue weighted by molar-refractivity contribution is -0.137. The average Bonchev–Trinajstić information content (AvgIpc) is 3.69. The van der Waals surface area contributed by atoms with Crippen LogP contribution in [-0.2, 0) is 6.18 Å². The van der Waals surface area contributed by atoms with Gasteiger partial charge in [0.15, 0.2) is 0 Å². The van der Waals surface area contributed by atoms with Crippen LogP contribution in [0.4, 0.5) is 30.2 Å². The summed E-state index contributed by atoms with van der Waals surface area (Å²) in [6.07, 6.45) is -1.79. The number of fused-ring (bicyclic) bond motifs is 1. The van der Waals surface area contributed by atoms with Gasteiger partial charge in [-0.05, 0) is 43.2 Å². The molecule has 0 aliphatic heterocycles. The average molecular weight is 512 g/mol. The van der Waals surface area contributed by atoms with Gasteiger partial charge in [0.2, 0.25) is 0 Å². The van der Waals surface area contributed by atoms with Crippen molar-refractivity contribution in [3.8, 4) is 17.2 Å². The maximum atomic E-state index is 14.0. The summed E-state index contributed by atoms with van der Waals surface area (Å²) < 4.78 is 52.8. The number of pyridine rings is 1. The predicted octanol–water partition coefficient (Wildman–Crippen LogP) is 4.07. The number of nitrogens with one attached hydrogen (secondary N) is 2. The van der Waals surface area contributed by atoms with E-state index in [4.69, 9.17) is 15.2 Å². The van der Waals surface area contributed by atoms with Gasteiger partial charge in [-0.15, -0.1) is 0 Å². The number of primary amides is 1. The highest BCUT2D eigenvalue weighted by Crippen LogP contribution is 2.41. The van der Waals surface area contributed by atoms with E-state index < -0.39 is 34.2 Å². The van der Waals surface area contributed by atoms with Gasteiger partial charge in [-0.2, -0.15) is 13.2 Å². The van der Waals surface area contributed by atoms with Crippen molar-refractivity contribution < 1.29 is 27.4 Å². The molecular formula is C25H19F3N4O5. The number of aromatic nitrogens is 1. The molecule has 12 heteroatoms. The van der Waals surface area contributed by atoms with E-state index in [1.165, 1.54) is 37.6 Å². The van der Waals surface area contributed by atoms with Crippen LogP contribution in [0.5, 0.6) is 17.2 Å². The fourth-order valence-corrected chi connectivity index (χ4v) is 3.87. The van der Waals surface area contributed by atoms with E-state index in [2.05, 4.69) is 15.6 Å². The first kappa shape index (κ1) is 24.1. The number of carbonyl (C=O) groups is 1. The minimum absolute atomic E-state index is 0.00936. The molecule has 1 saturated carbocycles. The van der Waals surface area contributed by atoms with Crippen molar-refractivity contribution in [3.05, 3.63) is 74.2 Å². The first-order chi connectivity index (χ1) is 17.6. The SMILES string of the molecule is COc1cc2nccc(Oc3ccc(Nc4c(NC5CC5)c(=O)c4=O)c(C(F)(F)F)c3)c2cc1C(N)=O. The van der Waals surface area contributed by atoms with Crippen LogP contribution >= 0.6 is 0 Å². The lowest BCUT2D eigenvalue weighted by Crippen LogP contribution is -2.37. The van der Waals surface area contributed by atoms with Crippen LogP contribution in [0.15, 0.2) is 52.2 Å². The number of alkyl halides is 3. The Morgan fingerprint density at radius 1 is 1.05 bits per heavy atom. The molecule has 3 aromatic carbocycles. The highest BCUT2D eigenvalue weighted by molar-refractivity contribution is 6.01. The molecule has 1 fully saturated rings. The molecule has 4 aromatic rings. The molecule has 1 amide bonds. The molecule has 1 heterocycles. The number of halogens is 3. The van der Waals surface area contributed by atoms with E-state index in [-0.39, 0.29) is 40.2 Å². The normalized spacial score (nSPS) is 13.5. The van der Waals surface area contributed by atoms with Crippen LogP contribution in [0.1, 0.15) is 28.8 Å². The topological polar surface area (TPSA) is 133 Å². The maximum Gasteiger partial charge on any atom is 0.418 e. The van der Waals surface area contributed by atoms with Gasteiger partial charge in [-0.25, -0.2) is 0 Å². The minimum Gasteiger partial charge on any atom is -0.496 e. The Kier molecular flexibility index (Phi) is 5.73. The molecule has 0 atom stereocenters. The second-order valence-corrected chi connectivity index (χ2v) is 8.50. The third-order valence-electron chi connectivity index (χ3n) is 5.91. The van der Waals surface area contributed by atoms with Crippen LogP contribution in [0.25, 0.3) is 10.9 Å². The Hall–Kier alpha value is -4.61. The van der Waals surface area contributed by atoms with Crippen molar-refractivity contribution in [1.82, 2.24) is 4.98 Å². The Morgan fingerprint density at radius 2 is 1.78 bits per heavy atom. The molecule has 0 saturated heterocycles. The summed E-state index contributed by atoms with van der Waals surface area (Å²) in [4.78, 5) is 39.9.